The van der Waals surface area contributed by atoms with Crippen LogP contribution in [0.1, 0.15) is 0 Å². The van der Waals surface area contributed by atoms with E-state index in [0.29, 0.717) is 5.95 Å². The molecule has 0 bridgehead atoms. The summed E-state index contributed by atoms with van der Waals surface area (Å²) in [6, 6.07) is 68.5. The second kappa shape index (κ2) is 12.4. The van der Waals surface area contributed by atoms with Gasteiger partial charge in [-0.3, -0.25) is 4.57 Å². The van der Waals surface area contributed by atoms with Crippen molar-refractivity contribution in [1.82, 2.24) is 19.1 Å². The molecule has 0 atom stereocenters. The number of fused-ring (bicyclic) bond motifs is 4. The molecule has 0 spiro atoms. The molecule has 0 saturated carbocycles. The minimum Gasteiger partial charge on any atom is -0.309 e. The largest absolute Gasteiger partial charge is 0.309 e. The highest BCUT2D eigenvalue weighted by molar-refractivity contribution is 6.09. The van der Waals surface area contributed by atoms with E-state index in [-0.39, 0.29) is 0 Å². The average molecular weight is 665 g/mol. The molecule has 0 saturated heterocycles. The highest BCUT2D eigenvalue weighted by Gasteiger charge is 2.18. The second-order valence-corrected chi connectivity index (χ2v) is 13.1. The average Bonchev–Trinajstić information content (AvgIpc) is 3.78. The smallest absolute Gasteiger partial charge is 0.235 e. The number of aromatic nitrogens is 4. The van der Waals surface area contributed by atoms with Crippen LogP contribution in [0.4, 0.5) is 0 Å². The van der Waals surface area contributed by atoms with E-state index in [4.69, 9.17) is 9.97 Å². The maximum absolute atomic E-state index is 5.20. The summed E-state index contributed by atoms with van der Waals surface area (Å²) in [6.45, 7) is 0. The Bertz CT molecular complexity index is 2770. The zero-order valence-corrected chi connectivity index (χ0v) is 28.3. The predicted molar refractivity (Wildman–Crippen MR) is 215 cm³/mol. The van der Waals surface area contributed by atoms with Crippen molar-refractivity contribution in [2.24, 2.45) is 0 Å². The molecule has 0 aliphatic rings. The van der Waals surface area contributed by atoms with Gasteiger partial charge in [-0.25, -0.2) is 9.97 Å². The van der Waals surface area contributed by atoms with Gasteiger partial charge in [-0.15, -0.1) is 0 Å². The minimum atomic E-state index is 0.638. The molecule has 10 aromatic rings. The molecule has 7 aromatic carbocycles. The SMILES string of the molecule is c1ccc(-c2cc(-c3ccccc3)nc(-n3c(-c4ccc(-c5cccc(-n6c7ccccc7c7ccccc76)c5)cc4)cc4ccccc43)n2)cc1. The normalized spacial score (nSPS) is 11.5. The van der Waals surface area contributed by atoms with Crippen LogP contribution in [0.3, 0.4) is 0 Å². The Morgan fingerprint density at radius 3 is 1.48 bits per heavy atom. The lowest BCUT2D eigenvalue weighted by Gasteiger charge is -2.14. The number of rotatable bonds is 6. The van der Waals surface area contributed by atoms with Crippen molar-refractivity contribution >= 4 is 32.7 Å². The third-order valence-electron chi connectivity index (χ3n) is 9.96. The Hall–Kier alpha value is -7.04. The van der Waals surface area contributed by atoms with Crippen LogP contribution in [0.15, 0.2) is 194 Å². The molecular formula is C48H32N4. The van der Waals surface area contributed by atoms with Crippen molar-refractivity contribution in [3.63, 3.8) is 0 Å². The van der Waals surface area contributed by atoms with Crippen LogP contribution in [0.25, 0.3) is 89.2 Å². The van der Waals surface area contributed by atoms with Crippen LogP contribution in [-0.2, 0) is 0 Å². The molecule has 4 heteroatoms. The Morgan fingerprint density at radius 1 is 0.327 bits per heavy atom. The summed E-state index contributed by atoms with van der Waals surface area (Å²) in [5, 5.41) is 3.66. The lowest BCUT2D eigenvalue weighted by molar-refractivity contribution is 0.974. The van der Waals surface area contributed by atoms with Gasteiger partial charge in [-0.1, -0.05) is 152 Å². The second-order valence-electron chi connectivity index (χ2n) is 13.1. The number of hydrogen-bond donors (Lipinski definition) is 0. The van der Waals surface area contributed by atoms with Gasteiger partial charge in [0.2, 0.25) is 5.95 Å². The first kappa shape index (κ1) is 29.8. The van der Waals surface area contributed by atoms with Crippen LogP contribution in [0.2, 0.25) is 0 Å². The molecule has 4 nitrogen and oxygen atoms in total. The number of benzene rings is 7. The van der Waals surface area contributed by atoms with Gasteiger partial charge in [0.25, 0.3) is 0 Å². The quantitative estimate of drug-likeness (QED) is 0.177. The zero-order chi connectivity index (χ0) is 34.4. The van der Waals surface area contributed by atoms with Gasteiger partial charge in [-0.05, 0) is 59.2 Å². The van der Waals surface area contributed by atoms with Crippen LogP contribution in [0, 0.1) is 0 Å². The molecule has 3 aromatic heterocycles. The third-order valence-corrected chi connectivity index (χ3v) is 9.96. The molecule has 0 unspecified atom stereocenters. The molecule has 0 aliphatic carbocycles. The van der Waals surface area contributed by atoms with Gasteiger partial charge < -0.3 is 4.57 Å². The first-order valence-electron chi connectivity index (χ1n) is 17.6. The Balaban J connectivity index is 1.09. The van der Waals surface area contributed by atoms with Crippen LogP contribution in [0.5, 0.6) is 0 Å². The summed E-state index contributed by atoms with van der Waals surface area (Å²) in [7, 11) is 0. The van der Waals surface area contributed by atoms with Crippen molar-refractivity contribution in [3.8, 4) is 56.5 Å². The molecule has 0 fully saturated rings. The predicted octanol–water partition coefficient (Wildman–Crippen LogP) is 12.2. The number of hydrogen-bond acceptors (Lipinski definition) is 2. The van der Waals surface area contributed by atoms with E-state index in [1.807, 2.05) is 12.1 Å². The van der Waals surface area contributed by atoms with Crippen molar-refractivity contribution < 1.29 is 0 Å². The van der Waals surface area contributed by atoms with Gasteiger partial charge >= 0.3 is 0 Å². The zero-order valence-electron chi connectivity index (χ0n) is 28.3. The summed E-state index contributed by atoms with van der Waals surface area (Å²) in [5.74, 6) is 0.638. The maximum Gasteiger partial charge on any atom is 0.235 e. The molecule has 244 valence electrons. The lowest BCUT2D eigenvalue weighted by atomic mass is 10.0. The summed E-state index contributed by atoms with van der Waals surface area (Å²) < 4.78 is 4.57. The van der Waals surface area contributed by atoms with Crippen molar-refractivity contribution in [2.45, 2.75) is 0 Å². The van der Waals surface area contributed by atoms with Gasteiger partial charge in [0.1, 0.15) is 0 Å². The molecule has 0 amide bonds. The third kappa shape index (κ3) is 5.09. The monoisotopic (exact) mass is 664 g/mol. The maximum atomic E-state index is 5.20. The van der Waals surface area contributed by atoms with Gasteiger partial charge in [0.15, 0.2) is 0 Å². The summed E-state index contributed by atoms with van der Waals surface area (Å²) in [5.41, 5.74) is 12.9. The summed E-state index contributed by atoms with van der Waals surface area (Å²) >= 11 is 0. The van der Waals surface area contributed by atoms with Gasteiger partial charge in [0.05, 0.1) is 33.6 Å². The highest BCUT2D eigenvalue weighted by Crippen LogP contribution is 2.36. The van der Waals surface area contributed by atoms with Crippen LogP contribution >= 0.6 is 0 Å². The van der Waals surface area contributed by atoms with Crippen molar-refractivity contribution in [3.05, 3.63) is 194 Å². The van der Waals surface area contributed by atoms with E-state index < -0.39 is 0 Å². The Labute approximate surface area is 301 Å². The molecule has 0 aliphatic heterocycles. The van der Waals surface area contributed by atoms with E-state index in [2.05, 4.69) is 191 Å². The van der Waals surface area contributed by atoms with Gasteiger partial charge in [-0.2, -0.15) is 0 Å². The van der Waals surface area contributed by atoms with E-state index >= 15 is 0 Å². The Morgan fingerprint density at radius 2 is 0.846 bits per heavy atom. The van der Waals surface area contributed by atoms with Gasteiger partial charge in [0, 0.05) is 33.0 Å². The van der Waals surface area contributed by atoms with E-state index in [1.54, 1.807) is 0 Å². The van der Waals surface area contributed by atoms with Crippen LogP contribution < -0.4 is 0 Å². The molecule has 3 heterocycles. The van der Waals surface area contributed by atoms with E-state index in [1.165, 1.54) is 21.8 Å². The summed E-state index contributed by atoms with van der Waals surface area (Å²) in [4.78, 5) is 10.4. The highest BCUT2D eigenvalue weighted by atomic mass is 15.2. The fraction of sp³-hybridized carbons (Fsp3) is 0. The summed E-state index contributed by atoms with van der Waals surface area (Å²) in [6.07, 6.45) is 0. The number of nitrogens with zero attached hydrogens (tertiary/aromatic N) is 4. The topological polar surface area (TPSA) is 35.6 Å². The number of para-hydroxylation sites is 3. The van der Waals surface area contributed by atoms with E-state index in [9.17, 15) is 0 Å². The fourth-order valence-electron chi connectivity index (χ4n) is 7.49. The first-order valence-corrected chi connectivity index (χ1v) is 17.6. The standard InChI is InChI=1S/C48H32N4/c1-3-14-34(15-4-1)42-32-43(35-16-5-2-6-17-35)50-48(49-42)52-44-23-10-7-18-38(44)31-47(52)36-28-26-33(27-29-36)37-19-13-20-39(30-37)51-45-24-11-8-21-40(45)41-22-9-12-25-46(41)51/h1-32H. The molecule has 10 rings (SSSR count). The first-order chi connectivity index (χ1) is 25.8. The molecule has 0 N–H and O–H groups in total. The minimum absolute atomic E-state index is 0.638. The van der Waals surface area contributed by atoms with E-state index in [0.717, 1.165) is 61.5 Å². The van der Waals surface area contributed by atoms with Crippen LogP contribution in [-0.4, -0.2) is 19.1 Å². The molecule has 52 heavy (non-hydrogen) atoms. The molecule has 0 radical (unpaired) electrons. The van der Waals surface area contributed by atoms with Crippen molar-refractivity contribution in [2.75, 3.05) is 0 Å². The van der Waals surface area contributed by atoms with Crippen molar-refractivity contribution in [1.29, 1.82) is 0 Å². The Kier molecular flexibility index (Phi) is 7.10. The lowest BCUT2D eigenvalue weighted by Crippen LogP contribution is -2.05. The fourth-order valence-corrected chi connectivity index (χ4v) is 7.49. The molecular weight excluding hydrogens is 633 g/mol.